The molecule has 1 N–H and O–H groups in total. The first kappa shape index (κ1) is 19.5. The molecular formula is C21H14ClF2NO3. The van der Waals surface area contributed by atoms with Gasteiger partial charge in [-0.1, -0.05) is 11.6 Å². The molecule has 0 unspecified atom stereocenters. The van der Waals surface area contributed by atoms with Crippen LogP contribution in [-0.4, -0.2) is 18.3 Å². The van der Waals surface area contributed by atoms with Crippen molar-refractivity contribution >= 4 is 29.0 Å². The minimum atomic E-state index is -0.505. The monoisotopic (exact) mass is 401 g/mol. The Labute approximate surface area is 164 Å². The molecule has 0 radical (unpaired) electrons. The standard InChI is InChI=1S/C21H14ClF2NO3/c22-18-11-16(24)7-10-19(18)25-20(26)12-28-17-8-3-14(4-9-17)21(27)13-1-5-15(23)6-2-13/h1-11H,12H2,(H,25,26). The Bertz CT molecular complexity index is 1010. The number of anilines is 1. The first-order valence-electron chi connectivity index (χ1n) is 8.20. The van der Waals surface area contributed by atoms with E-state index in [0.717, 1.165) is 6.07 Å². The van der Waals surface area contributed by atoms with Crippen molar-refractivity contribution in [3.8, 4) is 5.75 Å². The summed E-state index contributed by atoms with van der Waals surface area (Å²) in [7, 11) is 0. The summed E-state index contributed by atoms with van der Waals surface area (Å²) in [6, 6.07) is 15.1. The molecule has 3 aromatic rings. The van der Waals surface area contributed by atoms with Gasteiger partial charge in [-0.25, -0.2) is 8.78 Å². The normalized spacial score (nSPS) is 10.4. The zero-order chi connectivity index (χ0) is 20.1. The lowest BCUT2D eigenvalue weighted by atomic mass is 10.0. The van der Waals surface area contributed by atoms with Crippen LogP contribution in [0.2, 0.25) is 5.02 Å². The molecule has 0 heterocycles. The predicted octanol–water partition coefficient (Wildman–Crippen LogP) is 4.87. The minimum Gasteiger partial charge on any atom is -0.484 e. The predicted molar refractivity (Wildman–Crippen MR) is 102 cm³/mol. The van der Waals surface area contributed by atoms with E-state index in [1.165, 1.54) is 36.4 Å². The first-order valence-corrected chi connectivity index (χ1v) is 8.58. The van der Waals surface area contributed by atoms with Crippen LogP contribution >= 0.6 is 11.6 Å². The molecule has 0 saturated heterocycles. The summed E-state index contributed by atoms with van der Waals surface area (Å²) < 4.78 is 31.3. The fourth-order valence-electron chi connectivity index (χ4n) is 2.40. The van der Waals surface area contributed by atoms with Crippen LogP contribution in [0.25, 0.3) is 0 Å². The van der Waals surface area contributed by atoms with Crippen molar-refractivity contribution in [3.05, 3.63) is 94.5 Å². The van der Waals surface area contributed by atoms with E-state index >= 15 is 0 Å². The summed E-state index contributed by atoms with van der Waals surface area (Å²) in [5.74, 6) is -1.26. The van der Waals surface area contributed by atoms with Crippen LogP contribution in [0.5, 0.6) is 5.75 Å². The third kappa shape index (κ3) is 4.92. The van der Waals surface area contributed by atoms with E-state index < -0.39 is 17.5 Å². The molecule has 0 bridgehead atoms. The zero-order valence-electron chi connectivity index (χ0n) is 14.4. The van der Waals surface area contributed by atoms with Crippen LogP contribution < -0.4 is 10.1 Å². The minimum absolute atomic E-state index is 0.0806. The van der Waals surface area contributed by atoms with E-state index in [4.69, 9.17) is 16.3 Å². The number of nitrogens with one attached hydrogen (secondary N) is 1. The van der Waals surface area contributed by atoms with Crippen molar-refractivity contribution in [2.24, 2.45) is 0 Å². The smallest absolute Gasteiger partial charge is 0.262 e. The second kappa shape index (κ2) is 8.63. The van der Waals surface area contributed by atoms with Crippen molar-refractivity contribution in [1.29, 1.82) is 0 Å². The van der Waals surface area contributed by atoms with Gasteiger partial charge in [0, 0.05) is 11.1 Å². The molecule has 0 aliphatic heterocycles. The van der Waals surface area contributed by atoms with Crippen LogP contribution in [0.1, 0.15) is 15.9 Å². The first-order chi connectivity index (χ1) is 13.4. The van der Waals surface area contributed by atoms with E-state index in [-0.39, 0.29) is 23.1 Å². The molecule has 0 aliphatic rings. The third-order valence-corrected chi connectivity index (χ3v) is 4.11. The Kier molecular flexibility index (Phi) is 6.01. The van der Waals surface area contributed by atoms with Crippen LogP contribution in [0.4, 0.5) is 14.5 Å². The molecule has 0 spiro atoms. The Balaban J connectivity index is 1.57. The van der Waals surface area contributed by atoms with Gasteiger partial charge < -0.3 is 10.1 Å². The fraction of sp³-hybridized carbons (Fsp3) is 0.0476. The highest BCUT2D eigenvalue weighted by Crippen LogP contribution is 2.22. The molecule has 0 fully saturated rings. The highest BCUT2D eigenvalue weighted by molar-refractivity contribution is 6.33. The highest BCUT2D eigenvalue weighted by Gasteiger charge is 2.11. The van der Waals surface area contributed by atoms with Crippen molar-refractivity contribution in [2.45, 2.75) is 0 Å². The second-order valence-corrected chi connectivity index (χ2v) is 6.23. The lowest BCUT2D eigenvalue weighted by molar-refractivity contribution is -0.118. The largest absolute Gasteiger partial charge is 0.484 e. The maximum absolute atomic E-state index is 13.0. The lowest BCUT2D eigenvalue weighted by Crippen LogP contribution is -2.20. The van der Waals surface area contributed by atoms with Gasteiger partial charge in [0.1, 0.15) is 17.4 Å². The fourth-order valence-corrected chi connectivity index (χ4v) is 2.61. The molecule has 0 aromatic heterocycles. The summed E-state index contributed by atoms with van der Waals surface area (Å²) >= 11 is 5.85. The zero-order valence-corrected chi connectivity index (χ0v) is 15.2. The maximum atomic E-state index is 13.0. The molecule has 0 aliphatic carbocycles. The van der Waals surface area contributed by atoms with Crippen LogP contribution in [-0.2, 0) is 4.79 Å². The van der Waals surface area contributed by atoms with Gasteiger partial charge in [-0.3, -0.25) is 9.59 Å². The Morgan fingerprint density at radius 2 is 1.43 bits per heavy atom. The third-order valence-electron chi connectivity index (χ3n) is 3.80. The summed E-state index contributed by atoms with van der Waals surface area (Å²) in [5, 5.41) is 2.60. The topological polar surface area (TPSA) is 55.4 Å². The summed E-state index contributed by atoms with van der Waals surface area (Å²) in [4.78, 5) is 24.3. The summed E-state index contributed by atoms with van der Waals surface area (Å²) in [5.41, 5.74) is 1.05. The SMILES string of the molecule is O=C(COc1ccc(C(=O)c2ccc(F)cc2)cc1)Nc1ccc(F)cc1Cl. The van der Waals surface area contributed by atoms with Gasteiger partial charge >= 0.3 is 0 Å². The molecule has 4 nitrogen and oxygen atoms in total. The van der Waals surface area contributed by atoms with Crippen molar-refractivity contribution in [1.82, 2.24) is 0 Å². The Morgan fingerprint density at radius 1 is 0.857 bits per heavy atom. The molecular weight excluding hydrogens is 388 g/mol. The van der Waals surface area contributed by atoms with Crippen molar-refractivity contribution in [2.75, 3.05) is 11.9 Å². The Morgan fingerprint density at radius 3 is 2.04 bits per heavy atom. The van der Waals surface area contributed by atoms with Crippen LogP contribution in [0.15, 0.2) is 66.7 Å². The molecule has 7 heteroatoms. The van der Waals surface area contributed by atoms with Crippen LogP contribution in [0.3, 0.4) is 0 Å². The van der Waals surface area contributed by atoms with Gasteiger partial charge in [0.2, 0.25) is 0 Å². The number of ether oxygens (including phenoxy) is 1. The summed E-state index contributed by atoms with van der Waals surface area (Å²) in [6.07, 6.45) is 0. The molecule has 3 aromatic carbocycles. The quantitative estimate of drug-likeness (QED) is 0.600. The van der Waals surface area contributed by atoms with Gasteiger partial charge in [0.05, 0.1) is 10.7 Å². The van der Waals surface area contributed by atoms with Crippen molar-refractivity contribution < 1.29 is 23.1 Å². The number of carbonyl (C=O) groups is 2. The maximum Gasteiger partial charge on any atom is 0.262 e. The molecule has 0 atom stereocenters. The molecule has 0 saturated carbocycles. The van der Waals surface area contributed by atoms with Gasteiger partial charge in [-0.05, 0) is 66.7 Å². The number of amides is 1. The number of hydrogen-bond donors (Lipinski definition) is 1. The number of rotatable bonds is 6. The van der Waals surface area contributed by atoms with Gasteiger partial charge in [-0.15, -0.1) is 0 Å². The van der Waals surface area contributed by atoms with Gasteiger partial charge in [-0.2, -0.15) is 0 Å². The molecule has 3 rings (SSSR count). The number of halogens is 3. The van der Waals surface area contributed by atoms with E-state index in [9.17, 15) is 18.4 Å². The van der Waals surface area contributed by atoms with E-state index in [1.54, 1.807) is 24.3 Å². The summed E-state index contributed by atoms with van der Waals surface area (Å²) in [6.45, 7) is -0.293. The van der Waals surface area contributed by atoms with E-state index in [0.29, 0.717) is 16.9 Å². The Hall–Kier alpha value is -3.25. The molecule has 28 heavy (non-hydrogen) atoms. The van der Waals surface area contributed by atoms with E-state index in [2.05, 4.69) is 5.32 Å². The highest BCUT2D eigenvalue weighted by atomic mass is 35.5. The number of benzene rings is 3. The lowest BCUT2D eigenvalue weighted by Gasteiger charge is -2.09. The van der Waals surface area contributed by atoms with E-state index in [1.807, 2.05) is 0 Å². The van der Waals surface area contributed by atoms with Crippen molar-refractivity contribution in [3.63, 3.8) is 0 Å². The average molecular weight is 402 g/mol. The van der Waals surface area contributed by atoms with Crippen LogP contribution in [0, 0.1) is 11.6 Å². The molecule has 1 amide bonds. The second-order valence-electron chi connectivity index (χ2n) is 5.82. The van der Waals surface area contributed by atoms with Gasteiger partial charge in [0.15, 0.2) is 12.4 Å². The molecule has 142 valence electrons. The van der Waals surface area contributed by atoms with Gasteiger partial charge in [0.25, 0.3) is 5.91 Å². The number of hydrogen-bond acceptors (Lipinski definition) is 3. The number of ketones is 1. The number of carbonyl (C=O) groups excluding carboxylic acids is 2. The average Bonchev–Trinajstić information content (AvgIpc) is 2.69.